The molecule has 7 heavy (non-hydrogen) atoms. The lowest BCUT2D eigenvalue weighted by atomic mass is 10.5. The fourth-order valence-electron chi connectivity index (χ4n) is 0.385. The highest BCUT2D eigenvalue weighted by molar-refractivity contribution is 9.10. The van der Waals surface area contributed by atoms with E-state index in [0.29, 0.717) is 0 Å². The van der Waals surface area contributed by atoms with E-state index in [-0.39, 0.29) is 0 Å². The van der Waals surface area contributed by atoms with Gasteiger partial charge in [0.2, 0.25) is 0 Å². The van der Waals surface area contributed by atoms with Crippen LogP contribution < -0.4 is 0 Å². The summed E-state index contributed by atoms with van der Waals surface area (Å²) in [5.74, 6) is 0. The number of aryl methyl sites for hydroxylation is 1. The highest BCUT2D eigenvalue weighted by atomic mass is 79.9. The van der Waals surface area contributed by atoms with E-state index in [9.17, 15) is 0 Å². The third kappa shape index (κ3) is 1.03. The molecule has 0 spiro atoms. The average Bonchev–Trinajstić information content (AvgIpc) is 1.87. The lowest BCUT2D eigenvalue weighted by Gasteiger charge is -1.67. The number of nitrogens with one attached hydrogen (secondary N) is 1. The lowest BCUT2D eigenvalue weighted by Crippen LogP contribution is -1.66. The highest BCUT2D eigenvalue weighted by Crippen LogP contribution is 2.03. The predicted octanol–water partition coefficient (Wildman–Crippen LogP) is 1.48. The molecule has 38 valence electrons. The van der Waals surface area contributed by atoms with Crippen LogP contribution in [0.15, 0.2) is 10.7 Å². The third-order valence-corrected chi connectivity index (χ3v) is 1.08. The van der Waals surface area contributed by atoms with Gasteiger partial charge in [-0.15, -0.1) is 0 Å². The molecule has 0 aromatic carbocycles. The van der Waals surface area contributed by atoms with Crippen molar-refractivity contribution >= 4 is 15.9 Å². The predicted molar refractivity (Wildman–Crippen MR) is 31.0 cm³/mol. The van der Waals surface area contributed by atoms with E-state index >= 15 is 0 Å². The molecule has 1 rings (SSSR count). The summed E-state index contributed by atoms with van der Waals surface area (Å²) in [6.45, 7) is 1.96. The maximum atomic E-state index is 3.81. The Kier molecular flexibility index (Phi) is 1.15. The van der Waals surface area contributed by atoms with Crippen molar-refractivity contribution in [3.63, 3.8) is 0 Å². The minimum atomic E-state index is 0.866. The molecule has 0 amide bonds. The van der Waals surface area contributed by atoms with Gasteiger partial charge in [0.25, 0.3) is 0 Å². The highest BCUT2D eigenvalue weighted by Gasteiger charge is 1.86. The SMILES string of the molecule is Cc1cc(Br)n[nH]1. The summed E-state index contributed by atoms with van der Waals surface area (Å²) in [6, 6.07) is 1.92. The normalized spacial score (nSPS) is 9.43. The smallest absolute Gasteiger partial charge is 0.128 e. The van der Waals surface area contributed by atoms with Crippen molar-refractivity contribution in [2.75, 3.05) is 0 Å². The van der Waals surface area contributed by atoms with E-state index in [0.717, 1.165) is 10.3 Å². The molecule has 0 saturated heterocycles. The van der Waals surface area contributed by atoms with Crippen LogP contribution in [0, 0.1) is 6.92 Å². The molecule has 0 aliphatic heterocycles. The Bertz CT molecular complexity index is 142. The standard InChI is InChI=1S/C4H5BrN2/c1-3-2-4(5)7-6-3/h2H,1H3,(H,6,7). The van der Waals surface area contributed by atoms with Crippen LogP contribution in [-0.2, 0) is 0 Å². The zero-order chi connectivity index (χ0) is 5.28. The summed E-state index contributed by atoms with van der Waals surface area (Å²) >= 11 is 3.19. The van der Waals surface area contributed by atoms with Crippen LogP contribution in [0.25, 0.3) is 0 Å². The van der Waals surface area contributed by atoms with E-state index in [1.165, 1.54) is 0 Å². The molecular formula is C4H5BrN2. The van der Waals surface area contributed by atoms with Crippen molar-refractivity contribution in [2.45, 2.75) is 6.92 Å². The first-order valence-electron chi connectivity index (χ1n) is 1.96. The minimum Gasteiger partial charge on any atom is -0.282 e. The van der Waals surface area contributed by atoms with Crippen LogP contribution in [0.2, 0.25) is 0 Å². The maximum absolute atomic E-state index is 3.81. The van der Waals surface area contributed by atoms with Crippen LogP contribution in [0.3, 0.4) is 0 Å². The number of halogens is 1. The van der Waals surface area contributed by atoms with E-state index in [1.54, 1.807) is 0 Å². The summed E-state index contributed by atoms with van der Waals surface area (Å²) in [4.78, 5) is 0. The maximum Gasteiger partial charge on any atom is 0.128 e. The van der Waals surface area contributed by atoms with E-state index in [1.807, 2.05) is 13.0 Å². The molecule has 0 aliphatic rings. The van der Waals surface area contributed by atoms with E-state index < -0.39 is 0 Å². The number of aromatic amines is 1. The second-order valence-electron chi connectivity index (χ2n) is 1.37. The van der Waals surface area contributed by atoms with Crippen LogP contribution in [0.5, 0.6) is 0 Å². The Morgan fingerprint density at radius 2 is 2.57 bits per heavy atom. The van der Waals surface area contributed by atoms with Crippen LogP contribution in [0.1, 0.15) is 5.69 Å². The van der Waals surface area contributed by atoms with Gasteiger partial charge in [-0.2, -0.15) is 5.10 Å². The van der Waals surface area contributed by atoms with Gasteiger partial charge >= 0.3 is 0 Å². The molecule has 1 heterocycles. The van der Waals surface area contributed by atoms with Crippen molar-refractivity contribution in [3.05, 3.63) is 16.4 Å². The molecule has 0 radical (unpaired) electrons. The zero-order valence-corrected chi connectivity index (χ0v) is 5.49. The Morgan fingerprint density at radius 1 is 1.86 bits per heavy atom. The second-order valence-corrected chi connectivity index (χ2v) is 2.19. The van der Waals surface area contributed by atoms with Crippen LogP contribution in [0.4, 0.5) is 0 Å². The molecule has 0 saturated carbocycles. The number of nitrogens with zero attached hydrogens (tertiary/aromatic N) is 1. The molecular weight excluding hydrogens is 156 g/mol. The monoisotopic (exact) mass is 160 g/mol. The Morgan fingerprint density at radius 3 is 2.71 bits per heavy atom. The van der Waals surface area contributed by atoms with Crippen molar-refractivity contribution in [2.24, 2.45) is 0 Å². The molecule has 3 heteroatoms. The molecule has 0 unspecified atom stereocenters. The first-order chi connectivity index (χ1) is 3.29. The van der Waals surface area contributed by atoms with Crippen molar-refractivity contribution in [1.82, 2.24) is 10.2 Å². The minimum absolute atomic E-state index is 0.866. The number of hydrogen-bond donors (Lipinski definition) is 1. The quantitative estimate of drug-likeness (QED) is 0.613. The Labute approximate surface area is 50.1 Å². The molecule has 0 bridgehead atoms. The van der Waals surface area contributed by atoms with Crippen molar-refractivity contribution < 1.29 is 0 Å². The Balaban J connectivity index is 3.04. The van der Waals surface area contributed by atoms with Gasteiger partial charge < -0.3 is 0 Å². The van der Waals surface area contributed by atoms with Crippen molar-refractivity contribution in [1.29, 1.82) is 0 Å². The molecule has 0 aliphatic carbocycles. The van der Waals surface area contributed by atoms with E-state index in [4.69, 9.17) is 0 Å². The van der Waals surface area contributed by atoms with Gasteiger partial charge in [0.15, 0.2) is 0 Å². The first-order valence-corrected chi connectivity index (χ1v) is 2.76. The molecule has 1 N–H and O–H groups in total. The largest absolute Gasteiger partial charge is 0.282 e. The fourth-order valence-corrected chi connectivity index (χ4v) is 0.817. The number of hydrogen-bond acceptors (Lipinski definition) is 1. The Hall–Kier alpha value is -0.310. The number of H-pyrrole nitrogens is 1. The fraction of sp³-hybridized carbons (Fsp3) is 0.250. The molecule has 0 atom stereocenters. The number of aromatic nitrogens is 2. The average molecular weight is 161 g/mol. The molecule has 2 nitrogen and oxygen atoms in total. The lowest BCUT2D eigenvalue weighted by molar-refractivity contribution is 1.03. The van der Waals surface area contributed by atoms with Gasteiger partial charge in [-0.3, -0.25) is 5.10 Å². The van der Waals surface area contributed by atoms with Crippen LogP contribution >= 0.6 is 15.9 Å². The molecule has 1 aromatic heterocycles. The van der Waals surface area contributed by atoms with Gasteiger partial charge in [-0.05, 0) is 28.9 Å². The van der Waals surface area contributed by atoms with Gasteiger partial charge in [0, 0.05) is 5.69 Å². The summed E-state index contributed by atoms with van der Waals surface area (Å²) in [5, 5.41) is 6.58. The molecule has 0 fully saturated rings. The zero-order valence-electron chi connectivity index (χ0n) is 3.90. The van der Waals surface area contributed by atoms with Crippen LogP contribution in [-0.4, -0.2) is 10.2 Å². The third-order valence-electron chi connectivity index (χ3n) is 0.675. The van der Waals surface area contributed by atoms with Gasteiger partial charge in [-0.1, -0.05) is 0 Å². The summed E-state index contributed by atoms with van der Waals surface area (Å²) in [7, 11) is 0. The van der Waals surface area contributed by atoms with Gasteiger partial charge in [0.05, 0.1) is 0 Å². The molecule has 1 aromatic rings. The summed E-state index contributed by atoms with van der Waals surface area (Å²) in [5.41, 5.74) is 1.08. The number of rotatable bonds is 0. The first kappa shape index (κ1) is 4.84. The van der Waals surface area contributed by atoms with E-state index in [2.05, 4.69) is 26.1 Å². The topological polar surface area (TPSA) is 28.7 Å². The van der Waals surface area contributed by atoms with Crippen molar-refractivity contribution in [3.8, 4) is 0 Å². The van der Waals surface area contributed by atoms with Gasteiger partial charge in [0.1, 0.15) is 4.60 Å². The van der Waals surface area contributed by atoms with Gasteiger partial charge in [-0.25, -0.2) is 0 Å². The summed E-state index contributed by atoms with van der Waals surface area (Å²) in [6.07, 6.45) is 0. The second kappa shape index (κ2) is 1.66. The summed E-state index contributed by atoms with van der Waals surface area (Å²) < 4.78 is 0.866.